The summed E-state index contributed by atoms with van der Waals surface area (Å²) in [5.41, 5.74) is 5.82. The topological polar surface area (TPSA) is 39.9 Å². The van der Waals surface area contributed by atoms with Gasteiger partial charge in [0.25, 0.3) is 0 Å². The van der Waals surface area contributed by atoms with Crippen LogP contribution in [-0.2, 0) is 12.0 Å². The quantitative estimate of drug-likeness (QED) is 0.775. The van der Waals surface area contributed by atoms with Crippen LogP contribution in [0.25, 0.3) is 5.57 Å². The number of hydrogen-bond acceptors (Lipinski definition) is 5. The van der Waals surface area contributed by atoms with Gasteiger partial charge in [-0.3, -0.25) is 4.90 Å². The molecule has 5 heteroatoms. The molecule has 2 heterocycles. The third kappa shape index (κ3) is 1.78. The summed E-state index contributed by atoms with van der Waals surface area (Å²) >= 11 is 0. The van der Waals surface area contributed by atoms with Crippen molar-refractivity contribution in [2.45, 2.75) is 18.0 Å². The summed E-state index contributed by atoms with van der Waals surface area (Å²) < 4.78 is 22.4. The second-order valence-corrected chi connectivity index (χ2v) is 7.22. The van der Waals surface area contributed by atoms with Crippen molar-refractivity contribution in [2.75, 3.05) is 35.0 Å². The summed E-state index contributed by atoms with van der Waals surface area (Å²) in [6, 6.07) is 8.54. The number of nitrogens with zero attached hydrogens (tertiary/aromatic N) is 1. The van der Waals surface area contributed by atoms with Crippen molar-refractivity contribution in [1.82, 2.24) is 4.90 Å². The molecule has 3 aliphatic rings. The van der Waals surface area contributed by atoms with Gasteiger partial charge in [-0.15, -0.1) is 0 Å². The number of benzene rings is 2. The Bertz CT molecular complexity index is 983. The van der Waals surface area contributed by atoms with Crippen LogP contribution in [0.4, 0.5) is 0 Å². The van der Waals surface area contributed by atoms with Gasteiger partial charge in [0.1, 0.15) is 0 Å². The standard InChI is InChI=1S/C22H23NO4/c1-12-14-6-7-16(24-2)20(27-5)19(14)21-22(12)15-11-18(26-4)17(25-3)10-13(15)8-9-23(21)22/h6-7,10-11,21H,1,8-9H2,2-5H3. The summed E-state index contributed by atoms with van der Waals surface area (Å²) in [6.07, 6.45) is 0.975. The van der Waals surface area contributed by atoms with E-state index in [9.17, 15) is 0 Å². The van der Waals surface area contributed by atoms with Crippen molar-refractivity contribution in [3.63, 3.8) is 0 Å². The van der Waals surface area contributed by atoms with Gasteiger partial charge in [0.05, 0.1) is 40.0 Å². The van der Waals surface area contributed by atoms with Crippen molar-refractivity contribution >= 4 is 5.57 Å². The Labute approximate surface area is 159 Å². The summed E-state index contributed by atoms with van der Waals surface area (Å²) in [5.74, 6) is 3.11. The SMILES string of the molecule is C=C1c2ccc(OC)c(OC)c2C2N3CCc4cc(OC)c(OC)cc4C123. The second kappa shape index (κ2) is 5.42. The molecular formula is C22H23NO4. The first-order valence-corrected chi connectivity index (χ1v) is 9.10. The molecule has 3 unspecified atom stereocenters. The van der Waals surface area contributed by atoms with Gasteiger partial charge in [-0.2, -0.15) is 0 Å². The Kier molecular flexibility index (Phi) is 3.32. The first-order chi connectivity index (χ1) is 13.1. The Hall–Kier alpha value is -2.66. The van der Waals surface area contributed by atoms with E-state index in [2.05, 4.69) is 29.7 Å². The van der Waals surface area contributed by atoms with Crippen LogP contribution < -0.4 is 18.9 Å². The molecule has 5 nitrogen and oxygen atoms in total. The minimum absolute atomic E-state index is 0.213. The lowest BCUT2D eigenvalue weighted by atomic mass is 9.84. The molecule has 2 aromatic carbocycles. The smallest absolute Gasteiger partial charge is 0.166 e. The lowest BCUT2D eigenvalue weighted by molar-refractivity contribution is 0.347. The van der Waals surface area contributed by atoms with E-state index in [0.717, 1.165) is 47.1 Å². The third-order valence-corrected chi connectivity index (χ3v) is 6.38. The zero-order chi connectivity index (χ0) is 18.9. The molecule has 0 bridgehead atoms. The molecule has 0 N–H and O–H groups in total. The van der Waals surface area contributed by atoms with Crippen LogP contribution in [0.2, 0.25) is 0 Å². The minimum atomic E-state index is -0.213. The van der Waals surface area contributed by atoms with E-state index < -0.39 is 0 Å². The maximum absolute atomic E-state index is 5.76. The van der Waals surface area contributed by atoms with Crippen LogP contribution in [0.1, 0.15) is 28.3 Å². The number of rotatable bonds is 4. The summed E-state index contributed by atoms with van der Waals surface area (Å²) in [4.78, 5) is 2.51. The number of methoxy groups -OCH3 is 4. The Balaban J connectivity index is 1.73. The van der Waals surface area contributed by atoms with E-state index in [1.54, 1.807) is 28.4 Å². The zero-order valence-corrected chi connectivity index (χ0v) is 16.1. The molecule has 0 amide bonds. The second-order valence-electron chi connectivity index (χ2n) is 7.22. The molecule has 140 valence electrons. The molecule has 2 aromatic rings. The largest absolute Gasteiger partial charge is 0.493 e. The van der Waals surface area contributed by atoms with Gasteiger partial charge in [0, 0.05) is 12.1 Å². The maximum atomic E-state index is 5.76. The van der Waals surface area contributed by atoms with E-state index in [-0.39, 0.29) is 11.6 Å². The average molecular weight is 365 g/mol. The van der Waals surface area contributed by atoms with Crippen LogP contribution in [0.15, 0.2) is 30.8 Å². The average Bonchev–Trinajstić information content (AvgIpc) is 3.33. The zero-order valence-electron chi connectivity index (χ0n) is 16.1. The predicted molar refractivity (Wildman–Crippen MR) is 103 cm³/mol. The van der Waals surface area contributed by atoms with Gasteiger partial charge in [-0.1, -0.05) is 12.6 Å². The number of fused-ring (bicyclic) bond motifs is 4. The molecule has 1 saturated heterocycles. The van der Waals surface area contributed by atoms with Crippen molar-refractivity contribution < 1.29 is 18.9 Å². The third-order valence-electron chi connectivity index (χ3n) is 6.38. The minimum Gasteiger partial charge on any atom is -0.493 e. The van der Waals surface area contributed by atoms with E-state index in [4.69, 9.17) is 18.9 Å². The Morgan fingerprint density at radius 3 is 2.33 bits per heavy atom. The predicted octanol–water partition coefficient (Wildman–Crippen LogP) is 3.56. The Morgan fingerprint density at radius 1 is 0.963 bits per heavy atom. The van der Waals surface area contributed by atoms with Gasteiger partial charge >= 0.3 is 0 Å². The molecule has 0 saturated carbocycles. The lowest BCUT2D eigenvalue weighted by Crippen LogP contribution is -2.26. The van der Waals surface area contributed by atoms with Crippen LogP contribution in [0.5, 0.6) is 23.0 Å². The lowest BCUT2D eigenvalue weighted by Gasteiger charge is -2.28. The summed E-state index contributed by atoms with van der Waals surface area (Å²) in [7, 11) is 6.74. The highest BCUT2D eigenvalue weighted by atomic mass is 16.5. The molecule has 0 radical (unpaired) electrons. The Morgan fingerprint density at radius 2 is 1.67 bits per heavy atom. The normalized spacial score (nSPS) is 26.4. The van der Waals surface area contributed by atoms with E-state index >= 15 is 0 Å². The van der Waals surface area contributed by atoms with Crippen LogP contribution in [0.3, 0.4) is 0 Å². The molecule has 0 aromatic heterocycles. The molecule has 5 rings (SSSR count). The van der Waals surface area contributed by atoms with Gasteiger partial charge in [0.15, 0.2) is 23.0 Å². The highest BCUT2D eigenvalue weighted by Crippen LogP contribution is 2.75. The van der Waals surface area contributed by atoms with Crippen LogP contribution in [-0.4, -0.2) is 39.9 Å². The summed E-state index contributed by atoms with van der Waals surface area (Å²) in [5, 5.41) is 0. The molecule has 3 atom stereocenters. The molecule has 1 spiro atoms. The van der Waals surface area contributed by atoms with E-state index in [0.29, 0.717) is 0 Å². The molecular weight excluding hydrogens is 342 g/mol. The fraction of sp³-hybridized carbons (Fsp3) is 0.364. The van der Waals surface area contributed by atoms with E-state index in [1.165, 1.54) is 16.7 Å². The summed E-state index contributed by atoms with van der Waals surface area (Å²) in [6.45, 7) is 5.49. The van der Waals surface area contributed by atoms with Crippen molar-refractivity contribution in [2.24, 2.45) is 0 Å². The molecule has 27 heavy (non-hydrogen) atoms. The first kappa shape index (κ1) is 16.5. The fourth-order valence-electron chi connectivity index (χ4n) is 5.23. The fourth-order valence-corrected chi connectivity index (χ4v) is 5.23. The van der Waals surface area contributed by atoms with Gasteiger partial charge < -0.3 is 18.9 Å². The first-order valence-electron chi connectivity index (χ1n) is 9.10. The van der Waals surface area contributed by atoms with Crippen molar-refractivity contribution in [3.8, 4) is 23.0 Å². The monoisotopic (exact) mass is 365 g/mol. The number of ether oxygens (including phenoxy) is 4. The maximum Gasteiger partial charge on any atom is 0.166 e. The molecule has 1 aliphatic carbocycles. The van der Waals surface area contributed by atoms with Gasteiger partial charge in [0.2, 0.25) is 0 Å². The van der Waals surface area contributed by atoms with Crippen LogP contribution >= 0.6 is 0 Å². The van der Waals surface area contributed by atoms with Crippen LogP contribution in [0, 0.1) is 0 Å². The van der Waals surface area contributed by atoms with Gasteiger partial charge in [-0.25, -0.2) is 0 Å². The molecule has 1 fully saturated rings. The highest BCUT2D eigenvalue weighted by molar-refractivity contribution is 5.90. The van der Waals surface area contributed by atoms with Gasteiger partial charge in [-0.05, 0) is 46.9 Å². The van der Waals surface area contributed by atoms with Crippen molar-refractivity contribution in [3.05, 3.63) is 53.1 Å². The molecule has 2 aliphatic heterocycles. The van der Waals surface area contributed by atoms with E-state index in [1.807, 2.05) is 6.07 Å². The highest BCUT2D eigenvalue weighted by Gasteiger charge is 2.72. The number of hydrogen-bond donors (Lipinski definition) is 0. The van der Waals surface area contributed by atoms with Crippen molar-refractivity contribution in [1.29, 1.82) is 0 Å².